The summed E-state index contributed by atoms with van der Waals surface area (Å²) in [4.78, 5) is 24.0. The predicted molar refractivity (Wildman–Crippen MR) is 97.6 cm³/mol. The molecular formula is C18H30O13. The molecule has 0 bridgehead atoms. The molecule has 0 radical (unpaired) electrons. The van der Waals surface area contributed by atoms with Crippen LogP contribution in [0.15, 0.2) is 0 Å². The summed E-state index contributed by atoms with van der Waals surface area (Å²) in [5, 5.41) is 68.0. The molecule has 0 aromatic heterocycles. The summed E-state index contributed by atoms with van der Waals surface area (Å²) in [5.41, 5.74) is 0. The molecular weight excluding hydrogens is 424 g/mol. The quantitative estimate of drug-likeness (QED) is 0.180. The van der Waals surface area contributed by atoms with Crippen molar-refractivity contribution in [3.63, 3.8) is 0 Å². The van der Waals surface area contributed by atoms with E-state index < -0.39 is 86.2 Å². The monoisotopic (exact) mass is 454 g/mol. The van der Waals surface area contributed by atoms with Gasteiger partial charge in [0.05, 0.1) is 37.6 Å². The zero-order chi connectivity index (χ0) is 23.4. The van der Waals surface area contributed by atoms with Crippen LogP contribution in [0.2, 0.25) is 0 Å². The van der Waals surface area contributed by atoms with Crippen molar-refractivity contribution in [1.82, 2.24) is 0 Å². The van der Waals surface area contributed by atoms with Gasteiger partial charge in [-0.05, 0) is 6.92 Å². The molecule has 180 valence electrons. The average molecular weight is 454 g/mol. The third-order valence-corrected chi connectivity index (χ3v) is 5.30. The molecule has 13 heteroatoms. The molecule has 0 aromatic rings. The van der Waals surface area contributed by atoms with E-state index >= 15 is 0 Å². The van der Waals surface area contributed by atoms with Gasteiger partial charge in [0.2, 0.25) is 0 Å². The summed E-state index contributed by atoms with van der Waals surface area (Å²) in [6, 6.07) is 0. The standard InChI is InChI=1S/C18H30O13/c1-2-28-17(15(24)25)6-10(4-14(30-17)12(23)8-20)29-18(16(26)27)5-9(21)3-13(31-18)11(22)7-19/h9-14,19-23H,2-8H2,1H3,(H,24,25)(H,26,27)/t9-,10-,11+,12+,13?,14?,17+,18+/m0/s1. The molecule has 13 nitrogen and oxygen atoms in total. The van der Waals surface area contributed by atoms with Crippen LogP contribution in [0.3, 0.4) is 0 Å². The number of ether oxygens (including phenoxy) is 4. The third kappa shape index (κ3) is 5.69. The Bertz CT molecular complexity index is 630. The highest BCUT2D eigenvalue weighted by Gasteiger charge is 2.56. The number of aliphatic hydroxyl groups is 5. The van der Waals surface area contributed by atoms with Crippen molar-refractivity contribution in [2.24, 2.45) is 0 Å². The molecule has 2 saturated heterocycles. The van der Waals surface area contributed by atoms with Crippen molar-refractivity contribution in [2.75, 3.05) is 19.8 Å². The minimum Gasteiger partial charge on any atom is -0.477 e. The second kappa shape index (κ2) is 10.5. The van der Waals surface area contributed by atoms with Gasteiger partial charge in [0.25, 0.3) is 11.6 Å². The summed E-state index contributed by atoms with van der Waals surface area (Å²) in [6.07, 6.45) is -9.39. The molecule has 31 heavy (non-hydrogen) atoms. The maximum absolute atomic E-state index is 12.1. The first kappa shape index (κ1) is 25.8. The molecule has 2 fully saturated rings. The summed E-state index contributed by atoms with van der Waals surface area (Å²) >= 11 is 0. The van der Waals surface area contributed by atoms with E-state index in [4.69, 9.17) is 24.1 Å². The fourth-order valence-electron chi connectivity index (χ4n) is 3.84. The zero-order valence-electron chi connectivity index (χ0n) is 17.0. The van der Waals surface area contributed by atoms with E-state index in [-0.39, 0.29) is 19.4 Å². The summed E-state index contributed by atoms with van der Waals surface area (Å²) < 4.78 is 21.8. The molecule has 2 aliphatic heterocycles. The fourth-order valence-corrected chi connectivity index (χ4v) is 3.84. The van der Waals surface area contributed by atoms with Crippen LogP contribution in [0, 0.1) is 0 Å². The van der Waals surface area contributed by atoms with Gasteiger partial charge in [0, 0.05) is 32.3 Å². The lowest BCUT2D eigenvalue weighted by molar-refractivity contribution is -0.347. The van der Waals surface area contributed by atoms with Crippen molar-refractivity contribution in [3.05, 3.63) is 0 Å². The first-order valence-electron chi connectivity index (χ1n) is 9.92. The average Bonchev–Trinajstić information content (AvgIpc) is 2.71. The molecule has 0 saturated carbocycles. The number of rotatable bonds is 10. The van der Waals surface area contributed by atoms with E-state index in [9.17, 15) is 40.2 Å². The number of carbonyl (C=O) groups is 2. The number of hydrogen-bond donors (Lipinski definition) is 7. The van der Waals surface area contributed by atoms with Crippen LogP contribution < -0.4 is 0 Å². The summed E-state index contributed by atoms with van der Waals surface area (Å²) in [6.45, 7) is -0.0912. The van der Waals surface area contributed by atoms with Crippen LogP contribution in [0.25, 0.3) is 0 Å². The Labute approximate surface area is 177 Å². The SMILES string of the molecule is CCO[C@]1(C(=O)O)C[C@@H](O[C@]2(C(=O)O)C[C@@H](O)CC([C@H](O)CO)O2)CC([C@H](O)CO)O1. The Morgan fingerprint density at radius 2 is 1.48 bits per heavy atom. The molecule has 7 N–H and O–H groups in total. The van der Waals surface area contributed by atoms with Crippen molar-refractivity contribution < 1.29 is 64.3 Å². The fraction of sp³-hybridized carbons (Fsp3) is 0.889. The predicted octanol–water partition coefficient (Wildman–Crippen LogP) is -2.60. The number of carboxylic acids is 2. The first-order valence-corrected chi connectivity index (χ1v) is 9.92. The van der Waals surface area contributed by atoms with Gasteiger partial charge in [0.15, 0.2) is 0 Å². The van der Waals surface area contributed by atoms with Crippen LogP contribution in [-0.4, -0.2) is 116 Å². The maximum Gasteiger partial charge on any atom is 0.364 e. The van der Waals surface area contributed by atoms with Crippen molar-refractivity contribution in [3.8, 4) is 0 Å². The van der Waals surface area contributed by atoms with Gasteiger partial charge in [-0.1, -0.05) is 0 Å². The van der Waals surface area contributed by atoms with Crippen LogP contribution in [0.5, 0.6) is 0 Å². The number of carboxylic acid groups (broad SMARTS) is 2. The maximum atomic E-state index is 12.1. The lowest BCUT2D eigenvalue weighted by atomic mass is 9.92. The van der Waals surface area contributed by atoms with Crippen LogP contribution in [0.4, 0.5) is 0 Å². The van der Waals surface area contributed by atoms with E-state index in [0.29, 0.717) is 0 Å². The molecule has 2 aliphatic rings. The molecule has 2 unspecified atom stereocenters. The minimum absolute atomic E-state index is 0.0922. The normalized spacial score (nSPS) is 38.4. The summed E-state index contributed by atoms with van der Waals surface area (Å²) in [7, 11) is 0. The van der Waals surface area contributed by atoms with Gasteiger partial charge in [-0.2, -0.15) is 0 Å². The van der Waals surface area contributed by atoms with Gasteiger partial charge in [0.1, 0.15) is 12.2 Å². The Kier molecular flexibility index (Phi) is 8.72. The Morgan fingerprint density at radius 1 is 0.968 bits per heavy atom. The van der Waals surface area contributed by atoms with E-state index in [1.807, 2.05) is 0 Å². The molecule has 2 heterocycles. The van der Waals surface area contributed by atoms with Gasteiger partial charge in [-0.3, -0.25) is 0 Å². The molecule has 2 rings (SSSR count). The summed E-state index contributed by atoms with van der Waals surface area (Å²) in [5.74, 6) is -7.92. The number of aliphatic hydroxyl groups excluding tert-OH is 5. The van der Waals surface area contributed by atoms with Gasteiger partial charge < -0.3 is 54.7 Å². The highest BCUT2D eigenvalue weighted by atomic mass is 16.7. The van der Waals surface area contributed by atoms with Crippen LogP contribution in [-0.2, 0) is 28.5 Å². The van der Waals surface area contributed by atoms with E-state index in [0.717, 1.165) is 0 Å². The van der Waals surface area contributed by atoms with E-state index in [2.05, 4.69) is 0 Å². The highest BCUT2D eigenvalue weighted by Crippen LogP contribution is 2.39. The minimum atomic E-state index is -2.47. The smallest absolute Gasteiger partial charge is 0.364 e. The largest absolute Gasteiger partial charge is 0.477 e. The first-order chi connectivity index (χ1) is 14.5. The third-order valence-electron chi connectivity index (χ3n) is 5.30. The highest BCUT2D eigenvalue weighted by molar-refractivity contribution is 5.77. The van der Waals surface area contributed by atoms with E-state index in [1.165, 1.54) is 6.92 Å². The molecule has 0 amide bonds. The number of hydrogen-bond acceptors (Lipinski definition) is 11. The molecule has 0 aliphatic carbocycles. The molecule has 8 atom stereocenters. The van der Waals surface area contributed by atoms with Crippen molar-refractivity contribution in [2.45, 2.75) is 80.8 Å². The van der Waals surface area contributed by atoms with E-state index in [1.54, 1.807) is 0 Å². The van der Waals surface area contributed by atoms with Crippen molar-refractivity contribution in [1.29, 1.82) is 0 Å². The Hall–Kier alpha value is -1.42. The Balaban J connectivity index is 2.36. The van der Waals surface area contributed by atoms with Crippen molar-refractivity contribution >= 4 is 11.9 Å². The van der Waals surface area contributed by atoms with Crippen LogP contribution in [0.1, 0.15) is 32.6 Å². The molecule has 0 spiro atoms. The van der Waals surface area contributed by atoms with Gasteiger partial charge in [-0.15, -0.1) is 0 Å². The second-order valence-electron chi connectivity index (χ2n) is 7.63. The van der Waals surface area contributed by atoms with Crippen LogP contribution >= 0.6 is 0 Å². The second-order valence-corrected chi connectivity index (χ2v) is 7.63. The topological polar surface area (TPSA) is 213 Å². The van der Waals surface area contributed by atoms with Gasteiger partial charge in [-0.25, -0.2) is 9.59 Å². The van der Waals surface area contributed by atoms with Gasteiger partial charge >= 0.3 is 11.9 Å². The number of aliphatic carboxylic acids is 2. The lowest BCUT2D eigenvalue weighted by Crippen LogP contribution is -2.61. The molecule has 0 aromatic carbocycles. The Morgan fingerprint density at radius 3 is 1.97 bits per heavy atom. The zero-order valence-corrected chi connectivity index (χ0v) is 17.0. The lowest BCUT2D eigenvalue weighted by Gasteiger charge is -2.47.